The largest absolute Gasteiger partial charge is 0.481 e. The highest BCUT2D eigenvalue weighted by Gasteiger charge is 2.70. The van der Waals surface area contributed by atoms with Crippen molar-refractivity contribution in [2.24, 2.45) is 50.7 Å². The van der Waals surface area contributed by atoms with E-state index in [0.29, 0.717) is 36.4 Å². The zero-order chi connectivity index (χ0) is 41.7. The second kappa shape index (κ2) is 14.2. The number of nitrogens with one attached hydrogen (secondary N) is 1. The van der Waals surface area contributed by atoms with Gasteiger partial charge in [0.25, 0.3) is 5.56 Å². The van der Waals surface area contributed by atoms with E-state index in [9.17, 15) is 24.3 Å². The van der Waals surface area contributed by atoms with Gasteiger partial charge >= 0.3 is 11.9 Å². The number of ether oxygens (including phenoxy) is 1. The molecule has 1 aromatic heterocycles. The highest BCUT2D eigenvalue weighted by atomic mass is 35.5. The van der Waals surface area contributed by atoms with E-state index in [1.165, 1.54) is 5.57 Å². The number of esters is 1. The van der Waals surface area contributed by atoms with Gasteiger partial charge in [0.05, 0.1) is 29.8 Å². The molecular weight excluding hydrogens is 738 g/mol. The third-order valence-electron chi connectivity index (χ3n) is 16.9. The van der Waals surface area contributed by atoms with Gasteiger partial charge in [-0.15, -0.1) is 0 Å². The van der Waals surface area contributed by atoms with Crippen LogP contribution in [0, 0.1) is 50.7 Å². The summed E-state index contributed by atoms with van der Waals surface area (Å²) in [5.41, 5.74) is 1.94. The summed E-state index contributed by atoms with van der Waals surface area (Å²) in [5.74, 6) is -0.0956. The number of likely N-dealkylation sites (N-methyl/N-ethyl adjacent to an activating group) is 1. The van der Waals surface area contributed by atoms with E-state index in [0.717, 1.165) is 68.3 Å². The monoisotopic (exact) mass is 803 g/mol. The van der Waals surface area contributed by atoms with Crippen LogP contribution in [0.3, 0.4) is 0 Å². The van der Waals surface area contributed by atoms with Gasteiger partial charge in [0, 0.05) is 34.9 Å². The van der Waals surface area contributed by atoms with Gasteiger partial charge in [0.2, 0.25) is 0 Å². The first kappa shape index (κ1) is 42.0. The van der Waals surface area contributed by atoms with E-state index in [4.69, 9.17) is 16.3 Å². The van der Waals surface area contributed by atoms with E-state index < -0.39 is 22.8 Å². The maximum atomic E-state index is 14.5. The minimum Gasteiger partial charge on any atom is -0.481 e. The van der Waals surface area contributed by atoms with Gasteiger partial charge in [-0.25, -0.2) is 4.68 Å². The van der Waals surface area contributed by atoms with Crippen LogP contribution in [-0.2, 0) is 31.1 Å². The summed E-state index contributed by atoms with van der Waals surface area (Å²) in [6.07, 6.45) is 7.67. The molecular formula is C47H66ClN3O6. The normalized spacial score (nSPS) is 34.7. The Morgan fingerprint density at radius 3 is 2.26 bits per heavy atom. The smallest absolute Gasteiger partial charge is 0.309 e. The molecule has 2 N–H and O–H groups in total. The van der Waals surface area contributed by atoms with Gasteiger partial charge in [0.1, 0.15) is 6.10 Å². The van der Waals surface area contributed by atoms with Crippen LogP contribution in [0.4, 0.5) is 0 Å². The van der Waals surface area contributed by atoms with E-state index >= 15 is 0 Å². The first-order valence-electron chi connectivity index (χ1n) is 21.5. The van der Waals surface area contributed by atoms with E-state index in [1.54, 1.807) is 18.5 Å². The van der Waals surface area contributed by atoms with Crippen molar-refractivity contribution in [3.8, 4) is 5.69 Å². The molecule has 4 saturated carbocycles. The Kier molecular flexibility index (Phi) is 10.5. The van der Waals surface area contributed by atoms with E-state index in [1.807, 2.05) is 37.4 Å². The molecule has 5 aliphatic rings. The number of allylic oxidation sites excluding steroid dienone is 2. The van der Waals surface area contributed by atoms with Crippen molar-refractivity contribution >= 4 is 29.3 Å². The van der Waals surface area contributed by atoms with Crippen LogP contribution >= 0.6 is 11.6 Å². The highest BCUT2D eigenvalue weighted by molar-refractivity contribution is 6.30. The number of aromatic nitrogens is 2. The average molecular weight is 805 g/mol. The number of carboxylic acids is 1. The molecule has 312 valence electrons. The van der Waals surface area contributed by atoms with Crippen molar-refractivity contribution in [1.82, 2.24) is 14.7 Å². The van der Waals surface area contributed by atoms with Crippen molar-refractivity contribution in [2.45, 2.75) is 145 Å². The molecule has 0 bridgehead atoms. The Balaban J connectivity index is 1.26. The molecule has 0 radical (unpaired) electrons. The molecule has 0 unspecified atom stereocenters. The lowest BCUT2D eigenvalue weighted by atomic mass is 9.33. The molecule has 8 atom stereocenters. The fraction of sp³-hybridized carbons (Fsp3) is 0.702. The molecule has 5 aliphatic carbocycles. The van der Waals surface area contributed by atoms with Crippen LogP contribution in [0.2, 0.25) is 5.02 Å². The Morgan fingerprint density at radius 1 is 0.947 bits per heavy atom. The zero-order valence-electron chi connectivity index (χ0n) is 36.0. The number of fused-ring (bicyclic) bond motifs is 7. The van der Waals surface area contributed by atoms with Crippen LogP contribution in [0.15, 0.2) is 46.3 Å². The topological polar surface area (TPSA) is 120 Å². The van der Waals surface area contributed by atoms with Crippen molar-refractivity contribution in [3.63, 3.8) is 0 Å². The second-order valence-corrected chi connectivity index (χ2v) is 21.3. The number of Topliss-reactive ketones (excluding diaryl/α,β-unsaturated/α-hetero) is 1. The number of rotatable bonds is 10. The molecule has 0 saturated heterocycles. The number of halogens is 1. The first-order valence-corrected chi connectivity index (χ1v) is 21.9. The van der Waals surface area contributed by atoms with Crippen LogP contribution in [-0.4, -0.2) is 51.9 Å². The number of nitrogens with zero attached hydrogens (tertiary/aromatic N) is 2. The Bertz CT molecular complexity index is 2040. The Morgan fingerprint density at radius 2 is 1.63 bits per heavy atom. The number of hydrogen-bond acceptors (Lipinski definition) is 6. The molecule has 10 heteroatoms. The summed E-state index contributed by atoms with van der Waals surface area (Å²) in [6, 6.07) is 9.27. The molecule has 0 amide bonds. The average Bonchev–Trinajstić information content (AvgIpc) is 3.62. The molecule has 2 aromatic rings. The molecule has 0 aliphatic heterocycles. The Hall–Kier alpha value is -3.17. The number of carboxylic acid groups (broad SMARTS) is 1. The summed E-state index contributed by atoms with van der Waals surface area (Å²) < 4.78 is 10.1. The van der Waals surface area contributed by atoms with E-state index in [-0.39, 0.29) is 57.4 Å². The summed E-state index contributed by atoms with van der Waals surface area (Å²) in [7, 11) is 1.93. The third kappa shape index (κ3) is 6.25. The molecule has 7 rings (SSSR count). The summed E-state index contributed by atoms with van der Waals surface area (Å²) in [4.78, 5) is 53.6. The lowest BCUT2D eigenvalue weighted by molar-refractivity contribution is -0.232. The standard InChI is InChI=1S/C47H66ClN3O6/c1-28(2)39-32(52)26-47(35-25-37(53)51(50(35)24-23-49-10)30-13-11-29(48)12-14-30)22-21-45(8)31(40(39)47)15-16-34-44(7)19-18-36(57-38(54)27-42(3,4)41(55)56)43(5,6)33(44)17-20-46(34,45)9/h11-14,25,28,31,33-34,36,49H,15-24,26-27H2,1-10H3,(H,55,56)/t31-,33+,34-,36+,44+,45-,46-,47+/m1/s1. The minimum atomic E-state index is -1.18. The fourth-order valence-electron chi connectivity index (χ4n) is 13.9. The van der Waals surface area contributed by atoms with Crippen molar-refractivity contribution in [3.05, 3.63) is 62.5 Å². The van der Waals surface area contributed by atoms with Gasteiger partial charge in [-0.2, -0.15) is 0 Å². The maximum Gasteiger partial charge on any atom is 0.309 e. The van der Waals surface area contributed by atoms with Gasteiger partial charge in [-0.05, 0) is 148 Å². The van der Waals surface area contributed by atoms with E-state index in [2.05, 4.69) is 58.5 Å². The lowest BCUT2D eigenvalue weighted by Gasteiger charge is -2.72. The fourth-order valence-corrected chi connectivity index (χ4v) is 14.0. The van der Waals surface area contributed by atoms with Gasteiger partial charge < -0.3 is 15.2 Å². The van der Waals surface area contributed by atoms with Crippen LogP contribution in [0.1, 0.15) is 132 Å². The van der Waals surface area contributed by atoms with Gasteiger partial charge in [0.15, 0.2) is 5.78 Å². The quantitative estimate of drug-likeness (QED) is 0.230. The molecule has 9 nitrogen and oxygen atoms in total. The minimum absolute atomic E-state index is 0.0141. The molecule has 0 spiro atoms. The lowest BCUT2D eigenvalue weighted by Crippen LogP contribution is -2.66. The maximum absolute atomic E-state index is 14.5. The number of carbonyl (C=O) groups is 3. The molecule has 1 aromatic carbocycles. The molecule has 4 fully saturated rings. The van der Waals surface area contributed by atoms with Crippen LogP contribution < -0.4 is 10.9 Å². The summed E-state index contributed by atoms with van der Waals surface area (Å²) in [5, 5.41) is 13.6. The Labute approximate surface area is 344 Å². The van der Waals surface area contributed by atoms with Crippen LogP contribution in [0.25, 0.3) is 5.69 Å². The number of benzene rings is 1. The third-order valence-corrected chi connectivity index (χ3v) is 17.2. The number of ketones is 1. The summed E-state index contributed by atoms with van der Waals surface area (Å²) in [6.45, 7) is 20.9. The first-order chi connectivity index (χ1) is 26.6. The molecule has 1 heterocycles. The predicted octanol–water partition coefficient (Wildman–Crippen LogP) is 9.16. The summed E-state index contributed by atoms with van der Waals surface area (Å²) >= 11 is 6.29. The zero-order valence-corrected chi connectivity index (χ0v) is 36.8. The second-order valence-electron chi connectivity index (χ2n) is 20.9. The SMILES string of the molecule is CNCCn1c([C@@]23CC[C@]4(C)[C@H](CC[C@@H]5[C@@]6(C)CC[C@H](OC(=O)CC(C)(C)C(=O)O)C(C)(C)[C@@H]6CC[C@]54C)C2=C(C(C)C)C(=O)C3)cc(=O)n1-c1ccc(Cl)cc1. The molecule has 57 heavy (non-hydrogen) atoms. The van der Waals surface area contributed by atoms with Crippen molar-refractivity contribution in [1.29, 1.82) is 0 Å². The number of aliphatic carboxylic acids is 1. The number of hydrogen-bond donors (Lipinski definition) is 2. The van der Waals surface area contributed by atoms with Crippen molar-refractivity contribution < 1.29 is 24.2 Å². The van der Waals surface area contributed by atoms with Crippen molar-refractivity contribution in [2.75, 3.05) is 13.6 Å². The number of carbonyl (C=O) groups excluding carboxylic acids is 2. The predicted molar refractivity (Wildman–Crippen MR) is 224 cm³/mol. The highest BCUT2D eigenvalue weighted by Crippen LogP contribution is 2.77. The van der Waals surface area contributed by atoms with Gasteiger partial charge in [-0.1, -0.05) is 60.1 Å². The van der Waals surface area contributed by atoms with Gasteiger partial charge in [-0.3, -0.25) is 23.9 Å². The van der Waals surface area contributed by atoms with Crippen LogP contribution in [0.5, 0.6) is 0 Å².